The van der Waals surface area contributed by atoms with E-state index in [0.717, 1.165) is 11.9 Å². The highest BCUT2D eigenvalue weighted by molar-refractivity contribution is 7.89. The summed E-state index contributed by atoms with van der Waals surface area (Å²) in [5, 5.41) is 1.17. The van der Waals surface area contributed by atoms with Gasteiger partial charge in [0.15, 0.2) is 0 Å². The molecule has 0 bridgehead atoms. The predicted octanol–water partition coefficient (Wildman–Crippen LogP) is 3.16. The zero-order valence-corrected chi connectivity index (χ0v) is 18.6. The summed E-state index contributed by atoms with van der Waals surface area (Å²) >= 11 is 0. The number of para-hydroxylation sites is 1. The molecule has 8 heteroatoms. The summed E-state index contributed by atoms with van der Waals surface area (Å²) in [7, 11) is -0.514. The minimum atomic E-state index is -3.59. The van der Waals surface area contributed by atoms with Crippen LogP contribution in [-0.2, 0) is 27.8 Å². The van der Waals surface area contributed by atoms with E-state index in [9.17, 15) is 13.2 Å². The molecule has 0 atom stereocenters. The third kappa shape index (κ3) is 4.31. The molecule has 7 nitrogen and oxygen atoms in total. The molecule has 0 spiro atoms. The van der Waals surface area contributed by atoms with Crippen LogP contribution in [0.15, 0.2) is 53.4 Å². The van der Waals surface area contributed by atoms with Gasteiger partial charge in [0.1, 0.15) is 5.75 Å². The van der Waals surface area contributed by atoms with Gasteiger partial charge < -0.3 is 14.6 Å². The van der Waals surface area contributed by atoms with Gasteiger partial charge in [-0.15, -0.1) is 0 Å². The van der Waals surface area contributed by atoms with E-state index in [0.29, 0.717) is 31.7 Å². The van der Waals surface area contributed by atoms with Gasteiger partial charge in [-0.3, -0.25) is 4.79 Å². The number of hydrogen-bond donors (Lipinski definition) is 1. The molecule has 4 rings (SSSR count). The Balaban J connectivity index is 1.33. The van der Waals surface area contributed by atoms with Crippen molar-refractivity contribution in [3.05, 3.63) is 59.8 Å². The molecule has 1 aromatic heterocycles. The number of nitrogens with one attached hydrogen (secondary N) is 1. The first-order valence-electron chi connectivity index (χ1n) is 10.4. The van der Waals surface area contributed by atoms with Gasteiger partial charge >= 0.3 is 0 Å². The summed E-state index contributed by atoms with van der Waals surface area (Å²) in [6.07, 6.45) is 1.60. The lowest BCUT2D eigenvalue weighted by Gasteiger charge is -2.27. The summed E-state index contributed by atoms with van der Waals surface area (Å²) in [4.78, 5) is 18.3. The summed E-state index contributed by atoms with van der Waals surface area (Å²) in [6, 6.07) is 14.5. The third-order valence-corrected chi connectivity index (χ3v) is 7.74. The fourth-order valence-electron chi connectivity index (χ4n) is 4.04. The number of benzene rings is 2. The highest BCUT2D eigenvalue weighted by Crippen LogP contribution is 2.28. The molecule has 0 saturated carbocycles. The highest BCUT2D eigenvalue weighted by Gasteiger charge is 2.25. The molecule has 1 aliphatic heterocycles. The summed E-state index contributed by atoms with van der Waals surface area (Å²) in [6.45, 7) is 1.56. The van der Waals surface area contributed by atoms with E-state index in [2.05, 4.69) is 17.1 Å². The number of aromatic amines is 1. The van der Waals surface area contributed by atoms with Crippen molar-refractivity contribution in [1.29, 1.82) is 0 Å². The van der Waals surface area contributed by atoms with Crippen LogP contribution < -0.4 is 4.74 Å². The molecule has 3 aromatic rings. The Morgan fingerprint density at radius 3 is 2.65 bits per heavy atom. The van der Waals surface area contributed by atoms with Crippen molar-refractivity contribution in [2.75, 3.05) is 27.2 Å². The Labute approximate surface area is 182 Å². The quantitative estimate of drug-likeness (QED) is 0.611. The number of rotatable bonds is 7. The zero-order chi connectivity index (χ0) is 22.0. The Hall–Kier alpha value is -2.84. The Morgan fingerprint density at radius 2 is 1.90 bits per heavy atom. The topological polar surface area (TPSA) is 82.7 Å². The second-order valence-corrected chi connectivity index (χ2v) is 9.84. The number of nitrogens with zero attached hydrogens (tertiary/aromatic N) is 2. The maximum Gasteiger partial charge on any atom is 0.242 e. The van der Waals surface area contributed by atoms with Crippen molar-refractivity contribution < 1.29 is 17.9 Å². The van der Waals surface area contributed by atoms with Gasteiger partial charge in [0.2, 0.25) is 15.9 Å². The maximum absolute atomic E-state index is 12.8. The minimum absolute atomic E-state index is 0.0613. The molecule has 31 heavy (non-hydrogen) atoms. The van der Waals surface area contributed by atoms with Gasteiger partial charge in [-0.25, -0.2) is 12.7 Å². The van der Waals surface area contributed by atoms with Crippen LogP contribution in [0.4, 0.5) is 0 Å². The number of sulfonamides is 1. The van der Waals surface area contributed by atoms with Crippen LogP contribution in [0, 0.1) is 0 Å². The predicted molar refractivity (Wildman–Crippen MR) is 119 cm³/mol. The van der Waals surface area contributed by atoms with E-state index < -0.39 is 10.0 Å². The molecule has 0 radical (unpaired) electrons. The molecule has 2 aromatic carbocycles. The molecule has 2 heterocycles. The number of ether oxygens (including phenoxy) is 1. The first-order chi connectivity index (χ1) is 14.9. The first-order valence-corrected chi connectivity index (χ1v) is 11.8. The van der Waals surface area contributed by atoms with Crippen molar-refractivity contribution >= 4 is 26.8 Å². The van der Waals surface area contributed by atoms with Gasteiger partial charge in [-0.05, 0) is 36.8 Å². The SMILES string of the molecule is COc1ccc(S(=O)(=O)N(C)CCCC(=O)N2CCc3[nH]c4ccccc4c3C2)cc1. The molecule has 1 amide bonds. The molecule has 164 valence electrons. The van der Waals surface area contributed by atoms with Gasteiger partial charge in [0.05, 0.1) is 12.0 Å². The van der Waals surface area contributed by atoms with E-state index in [4.69, 9.17) is 4.74 Å². The molecule has 0 aliphatic carbocycles. The van der Waals surface area contributed by atoms with Crippen LogP contribution in [0.1, 0.15) is 24.1 Å². The lowest BCUT2D eigenvalue weighted by molar-refractivity contribution is -0.132. The fraction of sp³-hybridized carbons (Fsp3) is 0.348. The van der Waals surface area contributed by atoms with E-state index in [1.807, 2.05) is 17.0 Å². The van der Waals surface area contributed by atoms with Gasteiger partial charge in [-0.2, -0.15) is 0 Å². The monoisotopic (exact) mass is 441 g/mol. The van der Waals surface area contributed by atoms with Crippen LogP contribution in [0.3, 0.4) is 0 Å². The van der Waals surface area contributed by atoms with Gasteiger partial charge in [0, 0.05) is 61.7 Å². The van der Waals surface area contributed by atoms with E-state index in [1.165, 1.54) is 40.2 Å². The largest absolute Gasteiger partial charge is 0.497 e. The standard InChI is InChI=1S/C23H27N3O4S/c1-25(31(28,29)18-11-9-17(30-2)10-12-18)14-5-8-23(27)26-15-13-22-20(16-26)19-6-3-4-7-21(19)24-22/h3-4,6-7,9-12,24H,5,8,13-16H2,1-2H3. The number of amides is 1. The minimum Gasteiger partial charge on any atom is -0.497 e. The smallest absolute Gasteiger partial charge is 0.242 e. The number of aromatic nitrogens is 1. The summed E-state index contributed by atoms with van der Waals surface area (Å²) < 4.78 is 31.8. The Bertz CT molecular complexity index is 1190. The lowest BCUT2D eigenvalue weighted by atomic mass is 10.0. The van der Waals surface area contributed by atoms with Crippen molar-refractivity contribution in [3.8, 4) is 5.75 Å². The van der Waals surface area contributed by atoms with Gasteiger partial charge in [0.25, 0.3) is 0 Å². The average molecular weight is 442 g/mol. The second-order valence-electron chi connectivity index (χ2n) is 7.80. The van der Waals surface area contributed by atoms with Crippen molar-refractivity contribution in [3.63, 3.8) is 0 Å². The number of methoxy groups -OCH3 is 1. The second kappa shape index (κ2) is 8.72. The van der Waals surface area contributed by atoms with Gasteiger partial charge in [-0.1, -0.05) is 18.2 Å². The van der Waals surface area contributed by atoms with Crippen LogP contribution >= 0.6 is 0 Å². The summed E-state index contributed by atoms with van der Waals surface area (Å²) in [5.41, 5.74) is 3.50. The van der Waals surface area contributed by atoms with Crippen molar-refractivity contribution in [1.82, 2.24) is 14.2 Å². The number of H-pyrrole nitrogens is 1. The first kappa shape index (κ1) is 21.4. The van der Waals surface area contributed by atoms with E-state index in [1.54, 1.807) is 19.2 Å². The van der Waals surface area contributed by atoms with E-state index >= 15 is 0 Å². The fourth-order valence-corrected chi connectivity index (χ4v) is 5.25. The molecule has 1 aliphatic rings. The molecule has 0 unspecified atom stereocenters. The molecular weight excluding hydrogens is 414 g/mol. The molecule has 0 saturated heterocycles. The summed E-state index contributed by atoms with van der Waals surface area (Å²) in [5.74, 6) is 0.665. The van der Waals surface area contributed by atoms with Crippen molar-refractivity contribution in [2.45, 2.75) is 30.7 Å². The lowest BCUT2D eigenvalue weighted by Crippen LogP contribution is -2.36. The van der Waals surface area contributed by atoms with Crippen LogP contribution in [0.25, 0.3) is 10.9 Å². The number of hydrogen-bond acceptors (Lipinski definition) is 4. The normalized spacial score (nSPS) is 14.1. The molecule has 0 fully saturated rings. The highest BCUT2D eigenvalue weighted by atomic mass is 32.2. The van der Waals surface area contributed by atoms with Crippen LogP contribution in [-0.4, -0.2) is 55.8 Å². The number of fused-ring (bicyclic) bond motifs is 3. The number of carbonyl (C=O) groups is 1. The van der Waals surface area contributed by atoms with Crippen LogP contribution in [0.2, 0.25) is 0 Å². The Kier molecular flexibility index (Phi) is 6.02. The van der Waals surface area contributed by atoms with Crippen LogP contribution in [0.5, 0.6) is 5.75 Å². The molecule has 1 N–H and O–H groups in total. The third-order valence-electron chi connectivity index (χ3n) is 5.87. The van der Waals surface area contributed by atoms with E-state index in [-0.39, 0.29) is 17.3 Å². The average Bonchev–Trinajstić information content (AvgIpc) is 3.16. The zero-order valence-electron chi connectivity index (χ0n) is 17.8. The Morgan fingerprint density at radius 1 is 1.16 bits per heavy atom. The molecular formula is C23H27N3O4S. The number of carbonyl (C=O) groups excluding carboxylic acids is 1. The van der Waals surface area contributed by atoms with Crippen molar-refractivity contribution in [2.24, 2.45) is 0 Å². The maximum atomic E-state index is 12.8.